The van der Waals surface area contributed by atoms with Crippen molar-refractivity contribution in [2.75, 3.05) is 52.6 Å². The first-order chi connectivity index (χ1) is 11.4. The van der Waals surface area contributed by atoms with E-state index in [-0.39, 0.29) is 36.2 Å². The number of guanidine groups is 1. The van der Waals surface area contributed by atoms with Gasteiger partial charge in [-0.3, -0.25) is 4.99 Å². The zero-order valence-electron chi connectivity index (χ0n) is 14.7. The Morgan fingerprint density at radius 1 is 1.21 bits per heavy atom. The molecule has 1 aliphatic carbocycles. The van der Waals surface area contributed by atoms with Crippen molar-refractivity contribution in [3.63, 3.8) is 0 Å². The number of morpholine rings is 1. The van der Waals surface area contributed by atoms with E-state index in [9.17, 15) is 0 Å². The molecule has 0 aromatic heterocycles. The zero-order chi connectivity index (χ0) is 15.9. The summed E-state index contributed by atoms with van der Waals surface area (Å²) < 4.78 is 17.4. The number of nitrogens with zero attached hydrogens (tertiary/aromatic N) is 2. The van der Waals surface area contributed by atoms with E-state index in [0.717, 1.165) is 70.7 Å². The normalized spacial score (nSPS) is 27.9. The molecule has 7 heteroatoms. The van der Waals surface area contributed by atoms with Crippen LogP contribution in [-0.4, -0.2) is 75.7 Å². The SMILES string of the molecule is CCNC(=NCCOCC1CC1)N1CCOC(C2CCCO2)C1.I. The molecule has 0 bridgehead atoms. The molecule has 1 N–H and O–H groups in total. The fourth-order valence-corrected chi connectivity index (χ4v) is 3.16. The van der Waals surface area contributed by atoms with E-state index >= 15 is 0 Å². The van der Waals surface area contributed by atoms with Gasteiger partial charge in [0.2, 0.25) is 0 Å². The third-order valence-electron chi connectivity index (χ3n) is 4.66. The van der Waals surface area contributed by atoms with Crippen LogP contribution in [-0.2, 0) is 14.2 Å². The molecular formula is C17H32IN3O3. The number of halogens is 1. The number of hydrogen-bond acceptors (Lipinski definition) is 4. The zero-order valence-corrected chi connectivity index (χ0v) is 17.1. The van der Waals surface area contributed by atoms with Gasteiger partial charge in [0.15, 0.2) is 5.96 Å². The predicted octanol–water partition coefficient (Wildman–Crippen LogP) is 1.88. The van der Waals surface area contributed by atoms with E-state index in [2.05, 4.69) is 17.1 Å². The molecule has 0 radical (unpaired) electrons. The third kappa shape index (κ3) is 6.31. The minimum absolute atomic E-state index is 0. The second-order valence-electron chi connectivity index (χ2n) is 6.66. The maximum Gasteiger partial charge on any atom is 0.194 e. The number of rotatable bonds is 7. The van der Waals surface area contributed by atoms with Gasteiger partial charge in [0.05, 0.1) is 25.9 Å². The van der Waals surface area contributed by atoms with E-state index in [1.165, 1.54) is 12.8 Å². The minimum atomic E-state index is 0. The van der Waals surface area contributed by atoms with Crippen LogP contribution in [0.5, 0.6) is 0 Å². The molecule has 3 fully saturated rings. The Bertz CT molecular complexity index is 387. The van der Waals surface area contributed by atoms with Gasteiger partial charge in [-0.25, -0.2) is 0 Å². The Hall–Kier alpha value is -0.120. The lowest BCUT2D eigenvalue weighted by molar-refractivity contribution is -0.0817. The van der Waals surface area contributed by atoms with E-state index in [1.54, 1.807) is 0 Å². The van der Waals surface area contributed by atoms with Gasteiger partial charge in [-0.1, -0.05) is 0 Å². The molecule has 2 heterocycles. The Labute approximate surface area is 162 Å². The topological polar surface area (TPSA) is 55.3 Å². The molecule has 2 aliphatic heterocycles. The standard InChI is InChI=1S/C17H31N3O3.HI/c1-2-18-17(19-7-10-21-13-14-5-6-14)20-8-11-23-16(12-20)15-4-3-9-22-15;/h14-16H,2-13H2,1H3,(H,18,19);1H. The molecule has 0 aromatic carbocycles. The first kappa shape index (κ1) is 20.2. The van der Waals surface area contributed by atoms with Gasteiger partial charge in [0.1, 0.15) is 6.10 Å². The summed E-state index contributed by atoms with van der Waals surface area (Å²) in [5.41, 5.74) is 0. The van der Waals surface area contributed by atoms with Crippen molar-refractivity contribution >= 4 is 29.9 Å². The van der Waals surface area contributed by atoms with E-state index in [0.29, 0.717) is 6.61 Å². The number of aliphatic imine (C=N–C) groups is 1. The van der Waals surface area contributed by atoms with Crippen molar-refractivity contribution in [3.8, 4) is 0 Å². The molecule has 140 valence electrons. The summed E-state index contributed by atoms with van der Waals surface area (Å²) in [6.07, 6.45) is 5.36. The van der Waals surface area contributed by atoms with Crippen LogP contribution in [0.4, 0.5) is 0 Å². The Morgan fingerprint density at radius 3 is 2.75 bits per heavy atom. The highest BCUT2D eigenvalue weighted by Crippen LogP contribution is 2.28. The van der Waals surface area contributed by atoms with Crippen LogP contribution in [0.15, 0.2) is 4.99 Å². The Kier molecular flexibility index (Phi) is 9.07. The maximum absolute atomic E-state index is 5.92. The molecule has 0 aromatic rings. The van der Waals surface area contributed by atoms with Crippen LogP contribution in [0.3, 0.4) is 0 Å². The number of hydrogen-bond donors (Lipinski definition) is 1. The van der Waals surface area contributed by atoms with E-state index in [4.69, 9.17) is 19.2 Å². The first-order valence-corrected chi connectivity index (χ1v) is 9.21. The van der Waals surface area contributed by atoms with Crippen molar-refractivity contribution in [2.45, 2.75) is 44.8 Å². The second-order valence-corrected chi connectivity index (χ2v) is 6.66. The van der Waals surface area contributed by atoms with Gasteiger partial charge < -0.3 is 24.4 Å². The van der Waals surface area contributed by atoms with Crippen molar-refractivity contribution in [2.24, 2.45) is 10.9 Å². The van der Waals surface area contributed by atoms with Crippen LogP contribution in [0.1, 0.15) is 32.6 Å². The molecule has 2 atom stereocenters. The smallest absolute Gasteiger partial charge is 0.194 e. The monoisotopic (exact) mass is 453 g/mol. The lowest BCUT2D eigenvalue weighted by Crippen LogP contribution is -2.53. The molecule has 2 saturated heterocycles. The molecule has 0 amide bonds. The van der Waals surface area contributed by atoms with Gasteiger partial charge in [0, 0.05) is 32.8 Å². The second kappa shape index (κ2) is 10.8. The van der Waals surface area contributed by atoms with E-state index < -0.39 is 0 Å². The number of ether oxygens (including phenoxy) is 3. The summed E-state index contributed by atoms with van der Waals surface area (Å²) in [7, 11) is 0. The Balaban J connectivity index is 0.00000208. The predicted molar refractivity (Wildman–Crippen MR) is 105 cm³/mol. The van der Waals surface area contributed by atoms with Crippen LogP contribution >= 0.6 is 24.0 Å². The Morgan fingerprint density at radius 2 is 2.04 bits per heavy atom. The number of nitrogens with one attached hydrogen (secondary N) is 1. The largest absolute Gasteiger partial charge is 0.379 e. The summed E-state index contributed by atoms with van der Waals surface area (Å²) in [6, 6.07) is 0. The highest BCUT2D eigenvalue weighted by molar-refractivity contribution is 14.0. The fraction of sp³-hybridized carbons (Fsp3) is 0.941. The molecule has 1 saturated carbocycles. The quantitative estimate of drug-likeness (QED) is 0.276. The molecule has 6 nitrogen and oxygen atoms in total. The summed E-state index contributed by atoms with van der Waals surface area (Å²) in [4.78, 5) is 7.03. The lowest BCUT2D eigenvalue weighted by atomic mass is 10.1. The van der Waals surface area contributed by atoms with Gasteiger partial charge in [0.25, 0.3) is 0 Å². The fourth-order valence-electron chi connectivity index (χ4n) is 3.16. The van der Waals surface area contributed by atoms with Crippen LogP contribution in [0, 0.1) is 5.92 Å². The van der Waals surface area contributed by atoms with Gasteiger partial charge in [-0.2, -0.15) is 0 Å². The van der Waals surface area contributed by atoms with E-state index in [1.807, 2.05) is 0 Å². The summed E-state index contributed by atoms with van der Waals surface area (Å²) in [5, 5.41) is 3.40. The van der Waals surface area contributed by atoms with Crippen molar-refractivity contribution in [3.05, 3.63) is 0 Å². The third-order valence-corrected chi connectivity index (χ3v) is 4.66. The highest BCUT2D eigenvalue weighted by atomic mass is 127. The first-order valence-electron chi connectivity index (χ1n) is 9.21. The summed E-state index contributed by atoms with van der Waals surface area (Å²) in [6.45, 7) is 8.69. The average molecular weight is 453 g/mol. The average Bonchev–Trinajstić information content (AvgIpc) is 3.24. The molecule has 3 aliphatic rings. The van der Waals surface area contributed by atoms with Gasteiger partial charge in [-0.15, -0.1) is 24.0 Å². The van der Waals surface area contributed by atoms with Crippen molar-refractivity contribution < 1.29 is 14.2 Å². The molecule has 24 heavy (non-hydrogen) atoms. The summed E-state index contributed by atoms with van der Waals surface area (Å²) >= 11 is 0. The molecule has 2 unspecified atom stereocenters. The lowest BCUT2D eigenvalue weighted by Gasteiger charge is -2.37. The summed E-state index contributed by atoms with van der Waals surface area (Å²) in [5.74, 6) is 1.80. The van der Waals surface area contributed by atoms with Crippen LogP contribution < -0.4 is 5.32 Å². The van der Waals surface area contributed by atoms with Crippen molar-refractivity contribution in [1.82, 2.24) is 10.2 Å². The molecule has 3 rings (SSSR count). The van der Waals surface area contributed by atoms with Gasteiger partial charge >= 0.3 is 0 Å². The van der Waals surface area contributed by atoms with Crippen LogP contribution in [0.25, 0.3) is 0 Å². The molecular weight excluding hydrogens is 421 g/mol. The maximum atomic E-state index is 5.92. The minimum Gasteiger partial charge on any atom is -0.379 e. The van der Waals surface area contributed by atoms with Gasteiger partial charge in [-0.05, 0) is 38.5 Å². The van der Waals surface area contributed by atoms with Crippen LogP contribution in [0.2, 0.25) is 0 Å². The van der Waals surface area contributed by atoms with Crippen molar-refractivity contribution in [1.29, 1.82) is 0 Å². The highest BCUT2D eigenvalue weighted by Gasteiger charge is 2.32. The molecule has 0 spiro atoms.